The van der Waals surface area contributed by atoms with Gasteiger partial charge in [0.15, 0.2) is 0 Å². The zero-order valence-corrected chi connectivity index (χ0v) is 14.1. The Balaban J connectivity index is 2.08. The number of benzene rings is 1. The molecule has 0 aromatic heterocycles. The Labute approximate surface area is 133 Å². The molecule has 4 heteroatoms. The summed E-state index contributed by atoms with van der Waals surface area (Å²) in [7, 11) is 0. The van der Waals surface area contributed by atoms with E-state index in [1.54, 1.807) is 0 Å². The third-order valence-electron chi connectivity index (χ3n) is 4.11. The summed E-state index contributed by atoms with van der Waals surface area (Å²) in [5.74, 6) is 0. The summed E-state index contributed by atoms with van der Waals surface area (Å²) < 4.78 is 5.73. The first-order valence-electron chi connectivity index (χ1n) is 8.05. The summed E-state index contributed by atoms with van der Waals surface area (Å²) in [6, 6.07) is 6.77. The van der Waals surface area contributed by atoms with Crippen LogP contribution < -0.4 is 10.2 Å². The molecule has 0 amide bonds. The maximum absolute atomic E-state index is 6.52. The Morgan fingerprint density at radius 2 is 2.24 bits per heavy atom. The number of halogens is 1. The summed E-state index contributed by atoms with van der Waals surface area (Å²) in [5, 5.41) is 4.34. The van der Waals surface area contributed by atoms with Crippen LogP contribution in [0.4, 0.5) is 5.69 Å². The van der Waals surface area contributed by atoms with E-state index >= 15 is 0 Å². The number of hydrogen-bond donors (Lipinski definition) is 1. The predicted molar refractivity (Wildman–Crippen MR) is 90.4 cm³/mol. The quantitative estimate of drug-likeness (QED) is 0.859. The first-order valence-corrected chi connectivity index (χ1v) is 8.42. The summed E-state index contributed by atoms with van der Waals surface area (Å²) in [4.78, 5) is 2.34. The van der Waals surface area contributed by atoms with E-state index in [1.165, 1.54) is 5.56 Å². The minimum atomic E-state index is 0.319. The number of rotatable bonds is 6. The Bertz CT molecular complexity index is 452. The molecule has 21 heavy (non-hydrogen) atoms. The van der Waals surface area contributed by atoms with Crippen molar-refractivity contribution < 1.29 is 4.74 Å². The van der Waals surface area contributed by atoms with Gasteiger partial charge < -0.3 is 15.0 Å². The highest BCUT2D eigenvalue weighted by Gasteiger charge is 2.21. The van der Waals surface area contributed by atoms with Crippen LogP contribution in [0.25, 0.3) is 0 Å². The van der Waals surface area contributed by atoms with Crippen LogP contribution in [0, 0.1) is 0 Å². The standard InChI is InChI=1S/C17H27ClN2O/c1-4-8-19-13(3)14-6-7-17(16(18)11-14)20-9-10-21-15(5-2)12-20/h6-7,11,13,15,19H,4-5,8-10,12H2,1-3H3. The SMILES string of the molecule is CCCNC(C)c1ccc(N2CCOC(CC)C2)c(Cl)c1. The Morgan fingerprint density at radius 3 is 2.90 bits per heavy atom. The topological polar surface area (TPSA) is 24.5 Å². The van der Waals surface area contributed by atoms with E-state index in [-0.39, 0.29) is 0 Å². The molecule has 3 nitrogen and oxygen atoms in total. The maximum atomic E-state index is 6.52. The Kier molecular flexibility index (Phi) is 6.34. The van der Waals surface area contributed by atoms with Gasteiger partial charge in [0, 0.05) is 19.1 Å². The molecule has 1 N–H and O–H groups in total. The Morgan fingerprint density at radius 1 is 1.43 bits per heavy atom. The van der Waals surface area contributed by atoms with Gasteiger partial charge in [-0.25, -0.2) is 0 Å². The van der Waals surface area contributed by atoms with E-state index in [2.05, 4.69) is 49.2 Å². The lowest BCUT2D eigenvalue weighted by Gasteiger charge is -2.34. The predicted octanol–water partition coefficient (Wildman–Crippen LogP) is 4.02. The molecule has 1 aliphatic heterocycles. The summed E-state index contributed by atoms with van der Waals surface area (Å²) in [6.07, 6.45) is 2.51. The highest BCUT2D eigenvalue weighted by atomic mass is 35.5. The number of nitrogens with one attached hydrogen (secondary N) is 1. The van der Waals surface area contributed by atoms with E-state index in [4.69, 9.17) is 16.3 Å². The summed E-state index contributed by atoms with van der Waals surface area (Å²) in [6.45, 7) is 10.2. The van der Waals surface area contributed by atoms with Crippen molar-refractivity contribution in [2.45, 2.75) is 45.8 Å². The zero-order valence-electron chi connectivity index (χ0n) is 13.4. The number of hydrogen-bond acceptors (Lipinski definition) is 3. The molecule has 0 aliphatic carbocycles. The van der Waals surface area contributed by atoms with Gasteiger partial charge in [0.05, 0.1) is 23.4 Å². The van der Waals surface area contributed by atoms with Crippen molar-refractivity contribution >= 4 is 17.3 Å². The smallest absolute Gasteiger partial charge is 0.0748 e. The van der Waals surface area contributed by atoms with Gasteiger partial charge in [-0.05, 0) is 44.0 Å². The van der Waals surface area contributed by atoms with Gasteiger partial charge in [-0.3, -0.25) is 0 Å². The van der Waals surface area contributed by atoms with Crippen molar-refractivity contribution in [3.8, 4) is 0 Å². The van der Waals surface area contributed by atoms with Crippen LogP contribution in [-0.4, -0.2) is 32.3 Å². The van der Waals surface area contributed by atoms with E-state index in [0.29, 0.717) is 12.1 Å². The second-order valence-corrected chi connectivity index (χ2v) is 6.14. The molecule has 118 valence electrons. The molecule has 2 atom stereocenters. The highest BCUT2D eigenvalue weighted by Crippen LogP contribution is 2.30. The van der Waals surface area contributed by atoms with Crippen LogP contribution in [0.15, 0.2) is 18.2 Å². The molecule has 0 saturated carbocycles. The molecule has 2 rings (SSSR count). The van der Waals surface area contributed by atoms with Gasteiger partial charge in [0.25, 0.3) is 0 Å². The van der Waals surface area contributed by atoms with Gasteiger partial charge >= 0.3 is 0 Å². The third kappa shape index (κ3) is 4.35. The lowest BCUT2D eigenvalue weighted by Crippen LogP contribution is -2.42. The Hall–Kier alpha value is -0.770. The zero-order chi connectivity index (χ0) is 15.2. The molecule has 2 unspecified atom stereocenters. The molecular formula is C17H27ClN2O. The van der Waals surface area contributed by atoms with Gasteiger partial charge in [-0.1, -0.05) is 31.5 Å². The van der Waals surface area contributed by atoms with E-state index in [1.807, 2.05) is 0 Å². The van der Waals surface area contributed by atoms with Crippen LogP contribution in [0.5, 0.6) is 0 Å². The molecule has 1 heterocycles. The third-order valence-corrected chi connectivity index (χ3v) is 4.41. The van der Waals surface area contributed by atoms with E-state index in [9.17, 15) is 0 Å². The van der Waals surface area contributed by atoms with Crippen LogP contribution in [0.3, 0.4) is 0 Å². The minimum Gasteiger partial charge on any atom is -0.375 e. The van der Waals surface area contributed by atoms with Crippen molar-refractivity contribution in [2.24, 2.45) is 0 Å². The van der Waals surface area contributed by atoms with E-state index < -0.39 is 0 Å². The first kappa shape index (κ1) is 16.6. The van der Waals surface area contributed by atoms with Crippen molar-refractivity contribution in [1.29, 1.82) is 0 Å². The fourth-order valence-corrected chi connectivity index (χ4v) is 3.02. The minimum absolute atomic E-state index is 0.319. The van der Waals surface area contributed by atoms with Crippen LogP contribution in [0.2, 0.25) is 5.02 Å². The van der Waals surface area contributed by atoms with Crippen LogP contribution >= 0.6 is 11.6 Å². The summed E-state index contributed by atoms with van der Waals surface area (Å²) in [5.41, 5.74) is 2.38. The number of nitrogens with zero attached hydrogens (tertiary/aromatic N) is 1. The second-order valence-electron chi connectivity index (χ2n) is 5.73. The number of ether oxygens (including phenoxy) is 1. The molecule has 1 aliphatic rings. The lowest BCUT2D eigenvalue weighted by atomic mass is 10.1. The number of morpholine rings is 1. The van der Waals surface area contributed by atoms with Gasteiger partial charge in [0.1, 0.15) is 0 Å². The second kappa shape index (κ2) is 8.02. The fourth-order valence-electron chi connectivity index (χ4n) is 2.71. The van der Waals surface area contributed by atoms with Crippen molar-refractivity contribution in [3.05, 3.63) is 28.8 Å². The highest BCUT2D eigenvalue weighted by molar-refractivity contribution is 6.33. The average Bonchev–Trinajstić information content (AvgIpc) is 2.52. The molecule has 0 spiro atoms. The van der Waals surface area contributed by atoms with E-state index in [0.717, 1.165) is 49.8 Å². The molecule has 1 fully saturated rings. The average molecular weight is 311 g/mol. The monoisotopic (exact) mass is 310 g/mol. The molecule has 0 bridgehead atoms. The largest absolute Gasteiger partial charge is 0.375 e. The van der Waals surface area contributed by atoms with Crippen LogP contribution in [0.1, 0.15) is 45.2 Å². The molecular weight excluding hydrogens is 284 g/mol. The molecule has 0 radical (unpaired) electrons. The first-order chi connectivity index (χ1) is 10.2. The van der Waals surface area contributed by atoms with Crippen molar-refractivity contribution in [2.75, 3.05) is 31.1 Å². The summed E-state index contributed by atoms with van der Waals surface area (Å²) >= 11 is 6.52. The van der Waals surface area contributed by atoms with Crippen molar-refractivity contribution in [3.63, 3.8) is 0 Å². The normalized spacial score (nSPS) is 20.6. The molecule has 1 aromatic carbocycles. The maximum Gasteiger partial charge on any atom is 0.0748 e. The van der Waals surface area contributed by atoms with Gasteiger partial charge in [0.2, 0.25) is 0 Å². The lowest BCUT2D eigenvalue weighted by molar-refractivity contribution is 0.0384. The van der Waals surface area contributed by atoms with Crippen molar-refractivity contribution in [1.82, 2.24) is 5.32 Å². The fraction of sp³-hybridized carbons (Fsp3) is 0.647. The number of anilines is 1. The molecule has 1 saturated heterocycles. The molecule has 1 aromatic rings. The van der Waals surface area contributed by atoms with Crippen LogP contribution in [-0.2, 0) is 4.74 Å². The van der Waals surface area contributed by atoms with Gasteiger partial charge in [-0.15, -0.1) is 0 Å². The van der Waals surface area contributed by atoms with Gasteiger partial charge in [-0.2, -0.15) is 0 Å².